The predicted octanol–water partition coefficient (Wildman–Crippen LogP) is 15.2. The van der Waals surface area contributed by atoms with Gasteiger partial charge < -0.3 is 9.47 Å². The van der Waals surface area contributed by atoms with Crippen LogP contribution in [0.1, 0.15) is 61.9 Å². The van der Waals surface area contributed by atoms with Gasteiger partial charge in [0.2, 0.25) is 0 Å². The molecule has 2 nitrogen and oxygen atoms in total. The largest absolute Gasteiger partial charge is 0.364 e. The minimum atomic E-state index is -0.0281. The summed E-state index contributed by atoms with van der Waals surface area (Å²) < 4.78 is 2.44. The number of likely N-dealkylation sites (N-methyl/N-ethyl adjacent to an activating group) is 1. The fraction of sp³-hybridized carbons (Fsp3) is 0.207. The monoisotopic (exact) mass is 776 g/mol. The number of benzene rings is 7. The Morgan fingerprint density at radius 3 is 1.97 bits per heavy atom. The summed E-state index contributed by atoms with van der Waals surface area (Å²) in [6.45, 7) is 15.8. The fourth-order valence-electron chi connectivity index (χ4n) is 11.2. The maximum absolute atomic E-state index is 2.55. The third kappa shape index (κ3) is 5.39. The Balaban J connectivity index is 1.02. The molecule has 11 rings (SSSR count). The first-order chi connectivity index (χ1) is 29.3. The van der Waals surface area contributed by atoms with Crippen molar-refractivity contribution in [2.45, 2.75) is 66.0 Å². The van der Waals surface area contributed by atoms with Gasteiger partial charge in [0.1, 0.15) is 0 Å². The topological polar surface area (TPSA) is 8.17 Å². The van der Waals surface area contributed by atoms with E-state index in [0.29, 0.717) is 12.0 Å². The van der Waals surface area contributed by atoms with Gasteiger partial charge in [0.25, 0.3) is 0 Å². The van der Waals surface area contributed by atoms with Crippen molar-refractivity contribution in [3.8, 4) is 22.3 Å². The maximum atomic E-state index is 2.55. The Bertz CT molecular complexity index is 3200. The van der Waals surface area contributed by atoms with Gasteiger partial charge >= 0.3 is 0 Å². The van der Waals surface area contributed by atoms with Gasteiger partial charge in [-0.1, -0.05) is 134 Å². The van der Waals surface area contributed by atoms with Gasteiger partial charge in [-0.15, -0.1) is 0 Å². The zero-order valence-electron chi connectivity index (χ0n) is 35.7. The molecule has 0 saturated heterocycles. The minimum Gasteiger partial charge on any atom is -0.364 e. The van der Waals surface area contributed by atoms with Crippen molar-refractivity contribution in [1.82, 2.24) is 4.57 Å². The number of hydrogen-bond acceptors (Lipinski definition) is 1. The van der Waals surface area contributed by atoms with E-state index in [0.717, 1.165) is 19.5 Å². The van der Waals surface area contributed by atoms with Crippen LogP contribution in [0.4, 0.5) is 5.69 Å². The van der Waals surface area contributed by atoms with Crippen LogP contribution < -0.4 is 4.90 Å². The number of fused-ring (bicyclic) bond motifs is 8. The van der Waals surface area contributed by atoms with Crippen molar-refractivity contribution >= 4 is 60.2 Å². The molecule has 8 aromatic rings. The molecular weight excluding hydrogens is 725 g/mol. The molecule has 0 saturated carbocycles. The molecule has 0 N–H and O–H groups in total. The van der Waals surface area contributed by atoms with Crippen molar-refractivity contribution in [3.05, 3.63) is 186 Å². The lowest BCUT2D eigenvalue weighted by Gasteiger charge is -2.34. The first kappa shape index (κ1) is 36.7. The molecule has 2 aliphatic carbocycles. The number of para-hydroxylation sites is 1. The number of anilines is 1. The van der Waals surface area contributed by atoms with Gasteiger partial charge in [-0.3, -0.25) is 0 Å². The second-order valence-corrected chi connectivity index (χ2v) is 17.8. The van der Waals surface area contributed by atoms with E-state index < -0.39 is 0 Å². The molecule has 60 heavy (non-hydrogen) atoms. The lowest BCUT2D eigenvalue weighted by atomic mass is 9.75. The molecule has 1 aliphatic heterocycles. The zero-order valence-corrected chi connectivity index (χ0v) is 35.7. The van der Waals surface area contributed by atoms with Crippen LogP contribution in [0.2, 0.25) is 0 Å². The zero-order chi connectivity index (χ0) is 40.9. The lowest BCUT2D eigenvalue weighted by Crippen LogP contribution is -2.41. The second-order valence-electron chi connectivity index (χ2n) is 17.8. The molecule has 2 heteroatoms. The number of allylic oxidation sites excluding steroid dienone is 6. The van der Waals surface area contributed by atoms with Crippen LogP contribution in [-0.2, 0) is 12.0 Å². The van der Waals surface area contributed by atoms with Crippen LogP contribution >= 0.6 is 0 Å². The summed E-state index contributed by atoms with van der Waals surface area (Å²) >= 11 is 0. The van der Waals surface area contributed by atoms with Crippen LogP contribution in [0.5, 0.6) is 0 Å². The Morgan fingerprint density at radius 2 is 1.23 bits per heavy atom. The molecule has 0 radical (unpaired) electrons. The van der Waals surface area contributed by atoms with Crippen LogP contribution in [-0.4, -0.2) is 17.2 Å². The fourth-order valence-corrected chi connectivity index (χ4v) is 11.2. The maximum Gasteiger partial charge on any atom is 0.0605 e. The van der Waals surface area contributed by atoms with Gasteiger partial charge in [-0.05, 0) is 160 Å². The third-order valence-electron chi connectivity index (χ3n) is 14.4. The first-order valence-corrected chi connectivity index (χ1v) is 22.0. The van der Waals surface area contributed by atoms with Crippen molar-refractivity contribution in [2.75, 3.05) is 11.4 Å². The molecule has 294 valence electrons. The van der Waals surface area contributed by atoms with E-state index in [4.69, 9.17) is 0 Å². The van der Waals surface area contributed by atoms with E-state index in [1.165, 1.54) is 110 Å². The van der Waals surface area contributed by atoms with Gasteiger partial charge in [0, 0.05) is 46.0 Å². The average Bonchev–Trinajstić information content (AvgIpc) is 3.74. The number of aryl methyl sites for hydroxylation is 3. The molecule has 2 heterocycles. The van der Waals surface area contributed by atoms with Crippen molar-refractivity contribution < 1.29 is 0 Å². The van der Waals surface area contributed by atoms with Crippen LogP contribution in [0, 0.1) is 19.8 Å². The Hall–Kier alpha value is -6.38. The third-order valence-corrected chi connectivity index (χ3v) is 14.4. The quantitative estimate of drug-likeness (QED) is 0.153. The lowest BCUT2D eigenvalue weighted by molar-refractivity contribution is 0.528. The van der Waals surface area contributed by atoms with E-state index in [1.54, 1.807) is 0 Å². The summed E-state index contributed by atoms with van der Waals surface area (Å²) in [5.74, 6) is 0.352. The second kappa shape index (κ2) is 13.8. The SMILES string of the molecule is CCN1c2ccc(-c3ccc(-c4c5ccccc5c(C5=CC=C(c6ccc7c(c6)c6ccccc6n7CC)CC5C)c5cc(C)c(C)cc45)cc3)cc2C2(C)C=CC=CC12. The predicted molar refractivity (Wildman–Crippen MR) is 259 cm³/mol. The van der Waals surface area contributed by atoms with E-state index in [1.807, 2.05) is 0 Å². The summed E-state index contributed by atoms with van der Waals surface area (Å²) in [6.07, 6.45) is 15.0. The number of nitrogens with zero attached hydrogens (tertiary/aromatic N) is 2. The number of aromatic nitrogens is 1. The molecule has 3 atom stereocenters. The molecule has 7 aromatic carbocycles. The highest BCUT2D eigenvalue weighted by Crippen LogP contribution is 2.50. The standard InChI is InChI=1S/C58H52N2/c1-7-59-52-18-12-11-15-45(52)48-34-42(25-28-53(48)59)41-24-27-44(38(5)31-41)57-47-17-10-9-16-46(47)56(49-32-36(3)37(4)33-50(49)57)40-22-20-39(21-23-40)43-26-29-54-51(35-43)58(6)30-14-13-19-55(58)60(54)8-2/h9-30,32-35,38,55H,7-8,31H2,1-6H3. The molecular formula is C58H52N2. The molecule has 0 spiro atoms. The molecule has 0 amide bonds. The highest BCUT2D eigenvalue weighted by atomic mass is 15.2. The Morgan fingerprint density at radius 1 is 0.583 bits per heavy atom. The molecule has 3 unspecified atom stereocenters. The molecule has 1 aromatic heterocycles. The van der Waals surface area contributed by atoms with Crippen molar-refractivity contribution in [3.63, 3.8) is 0 Å². The van der Waals surface area contributed by atoms with Crippen molar-refractivity contribution in [2.24, 2.45) is 5.92 Å². The minimum absolute atomic E-state index is 0.0281. The smallest absolute Gasteiger partial charge is 0.0605 e. The van der Waals surface area contributed by atoms with Gasteiger partial charge in [-0.25, -0.2) is 0 Å². The summed E-state index contributed by atoms with van der Waals surface area (Å²) in [6, 6.07) is 46.9. The van der Waals surface area contributed by atoms with Gasteiger partial charge in [0.05, 0.1) is 6.04 Å². The summed E-state index contributed by atoms with van der Waals surface area (Å²) in [4.78, 5) is 2.55. The number of rotatable bonds is 6. The van der Waals surface area contributed by atoms with E-state index >= 15 is 0 Å². The van der Waals surface area contributed by atoms with E-state index in [-0.39, 0.29) is 5.41 Å². The molecule has 3 aliphatic rings. The molecule has 0 bridgehead atoms. The summed E-state index contributed by atoms with van der Waals surface area (Å²) in [7, 11) is 0. The Kier molecular flexibility index (Phi) is 8.47. The highest BCUT2D eigenvalue weighted by molar-refractivity contribution is 6.19. The highest BCUT2D eigenvalue weighted by Gasteiger charge is 2.45. The summed E-state index contributed by atoms with van der Waals surface area (Å²) in [5.41, 5.74) is 18.7. The normalized spacial score (nSPS) is 19.7. The van der Waals surface area contributed by atoms with E-state index in [9.17, 15) is 0 Å². The summed E-state index contributed by atoms with van der Waals surface area (Å²) in [5, 5.41) is 7.99. The average molecular weight is 777 g/mol. The van der Waals surface area contributed by atoms with Crippen molar-refractivity contribution in [1.29, 1.82) is 0 Å². The van der Waals surface area contributed by atoms with Crippen LogP contribution in [0.25, 0.3) is 76.8 Å². The van der Waals surface area contributed by atoms with Gasteiger partial charge in [0.15, 0.2) is 0 Å². The van der Waals surface area contributed by atoms with Gasteiger partial charge in [-0.2, -0.15) is 0 Å². The first-order valence-electron chi connectivity index (χ1n) is 22.0. The molecule has 0 fully saturated rings. The van der Waals surface area contributed by atoms with Crippen LogP contribution in [0.15, 0.2) is 158 Å². The van der Waals surface area contributed by atoms with Crippen LogP contribution in [0.3, 0.4) is 0 Å². The Labute approximate surface area is 354 Å². The van der Waals surface area contributed by atoms with E-state index in [2.05, 4.69) is 209 Å². The number of hydrogen-bond donors (Lipinski definition) is 0.